The van der Waals surface area contributed by atoms with E-state index in [4.69, 9.17) is 9.84 Å². The summed E-state index contributed by atoms with van der Waals surface area (Å²) in [7, 11) is 0. The van der Waals surface area contributed by atoms with Gasteiger partial charge in [-0.25, -0.2) is 0 Å². The summed E-state index contributed by atoms with van der Waals surface area (Å²) in [6.45, 7) is 2.27. The molecule has 0 atom stereocenters. The first-order valence-corrected chi connectivity index (χ1v) is 6.36. The van der Waals surface area contributed by atoms with Gasteiger partial charge >= 0.3 is 0 Å². The molecule has 1 saturated heterocycles. The highest BCUT2D eigenvalue weighted by atomic mass is 16.5. The number of para-hydroxylation sites is 1. The number of hydrogen-bond donors (Lipinski definition) is 1. The van der Waals surface area contributed by atoms with E-state index in [-0.39, 0.29) is 12.7 Å². The normalized spacial score (nSPS) is 16.8. The lowest BCUT2D eigenvalue weighted by Gasteiger charge is -2.34. The van der Waals surface area contributed by atoms with Crippen molar-refractivity contribution >= 4 is 12.0 Å². The molecule has 1 N–H and O–H groups in total. The third-order valence-electron chi connectivity index (χ3n) is 3.29. The molecular formula is C14H19NO3. The van der Waals surface area contributed by atoms with Crippen molar-refractivity contribution in [3.8, 4) is 0 Å². The van der Waals surface area contributed by atoms with E-state index in [2.05, 4.69) is 4.90 Å². The molecule has 4 heteroatoms. The molecule has 0 aliphatic carbocycles. The standard InChI is InChI=1S/C14H19NO3/c16-9-10-18-13-5-7-15(8-6-13)14-4-2-1-3-12(14)11-17/h1-4,11,13,16H,5-10H2. The van der Waals surface area contributed by atoms with Gasteiger partial charge in [-0.2, -0.15) is 0 Å². The Hall–Kier alpha value is -1.39. The lowest BCUT2D eigenvalue weighted by molar-refractivity contribution is 0.0159. The maximum absolute atomic E-state index is 11.0. The molecule has 0 radical (unpaired) electrons. The average Bonchev–Trinajstić information content (AvgIpc) is 2.45. The minimum atomic E-state index is 0.0776. The summed E-state index contributed by atoms with van der Waals surface area (Å²) < 4.78 is 5.53. The van der Waals surface area contributed by atoms with Crippen molar-refractivity contribution in [2.45, 2.75) is 18.9 Å². The van der Waals surface area contributed by atoms with Crippen LogP contribution in [0.2, 0.25) is 0 Å². The van der Waals surface area contributed by atoms with Gasteiger partial charge in [-0.15, -0.1) is 0 Å². The molecule has 1 aromatic rings. The van der Waals surface area contributed by atoms with Crippen LogP contribution in [0, 0.1) is 0 Å². The molecule has 4 nitrogen and oxygen atoms in total. The van der Waals surface area contributed by atoms with Crippen LogP contribution < -0.4 is 4.90 Å². The predicted octanol–water partition coefficient (Wildman–Crippen LogP) is 1.48. The topological polar surface area (TPSA) is 49.8 Å². The number of rotatable bonds is 5. The molecule has 0 unspecified atom stereocenters. The van der Waals surface area contributed by atoms with Gasteiger partial charge in [0.25, 0.3) is 0 Å². The Balaban J connectivity index is 1.95. The molecule has 0 saturated carbocycles. The fourth-order valence-electron chi connectivity index (χ4n) is 2.36. The second kappa shape index (κ2) is 6.52. The Morgan fingerprint density at radius 2 is 2.06 bits per heavy atom. The van der Waals surface area contributed by atoms with Crippen molar-refractivity contribution in [2.24, 2.45) is 0 Å². The lowest BCUT2D eigenvalue weighted by Crippen LogP contribution is -2.37. The molecular weight excluding hydrogens is 230 g/mol. The second-order valence-electron chi connectivity index (χ2n) is 4.46. The number of aldehydes is 1. The van der Waals surface area contributed by atoms with E-state index in [0.717, 1.165) is 43.5 Å². The van der Waals surface area contributed by atoms with Crippen LogP contribution in [0.1, 0.15) is 23.2 Å². The van der Waals surface area contributed by atoms with Gasteiger partial charge in [-0.3, -0.25) is 4.79 Å². The third kappa shape index (κ3) is 3.09. The molecule has 1 aliphatic rings. The number of hydrogen-bond acceptors (Lipinski definition) is 4. The molecule has 0 bridgehead atoms. The average molecular weight is 249 g/mol. The Kier molecular flexibility index (Phi) is 4.73. The maximum Gasteiger partial charge on any atom is 0.152 e. The van der Waals surface area contributed by atoms with Gasteiger partial charge in [0.15, 0.2) is 6.29 Å². The van der Waals surface area contributed by atoms with E-state index in [1.165, 1.54) is 0 Å². The Labute approximate surface area is 107 Å². The first-order valence-electron chi connectivity index (χ1n) is 6.36. The first kappa shape index (κ1) is 13.1. The smallest absolute Gasteiger partial charge is 0.152 e. The number of ether oxygens (including phenoxy) is 1. The zero-order valence-corrected chi connectivity index (χ0v) is 10.4. The van der Waals surface area contributed by atoms with Crippen molar-refractivity contribution in [1.82, 2.24) is 0 Å². The SMILES string of the molecule is O=Cc1ccccc1N1CCC(OCCO)CC1. The lowest BCUT2D eigenvalue weighted by atomic mass is 10.1. The van der Waals surface area contributed by atoms with Gasteiger partial charge in [0.2, 0.25) is 0 Å². The number of carbonyl (C=O) groups is 1. The number of nitrogens with zero attached hydrogens (tertiary/aromatic N) is 1. The quantitative estimate of drug-likeness (QED) is 0.803. The first-order chi connectivity index (χ1) is 8.85. The van der Waals surface area contributed by atoms with E-state index in [1.54, 1.807) is 0 Å². The fourth-order valence-corrected chi connectivity index (χ4v) is 2.36. The summed E-state index contributed by atoms with van der Waals surface area (Å²) in [4.78, 5) is 13.2. The number of benzene rings is 1. The summed E-state index contributed by atoms with van der Waals surface area (Å²) in [5, 5.41) is 8.72. The van der Waals surface area contributed by atoms with Crippen molar-refractivity contribution in [2.75, 3.05) is 31.2 Å². The highest BCUT2D eigenvalue weighted by Gasteiger charge is 2.20. The van der Waals surface area contributed by atoms with E-state index in [1.807, 2.05) is 24.3 Å². The molecule has 18 heavy (non-hydrogen) atoms. The molecule has 0 spiro atoms. The van der Waals surface area contributed by atoms with Crippen LogP contribution in [-0.4, -0.2) is 43.8 Å². The molecule has 1 fully saturated rings. The van der Waals surface area contributed by atoms with E-state index >= 15 is 0 Å². The molecule has 1 aliphatic heterocycles. The van der Waals surface area contributed by atoms with Gasteiger partial charge in [0.1, 0.15) is 0 Å². The van der Waals surface area contributed by atoms with E-state index < -0.39 is 0 Å². The minimum absolute atomic E-state index is 0.0776. The van der Waals surface area contributed by atoms with Crippen molar-refractivity contribution in [3.05, 3.63) is 29.8 Å². The van der Waals surface area contributed by atoms with Crippen molar-refractivity contribution < 1.29 is 14.6 Å². The largest absolute Gasteiger partial charge is 0.394 e. The van der Waals surface area contributed by atoms with Gasteiger partial charge in [0, 0.05) is 24.3 Å². The zero-order chi connectivity index (χ0) is 12.8. The van der Waals surface area contributed by atoms with Gasteiger partial charge in [-0.1, -0.05) is 12.1 Å². The summed E-state index contributed by atoms with van der Waals surface area (Å²) in [5.41, 5.74) is 1.75. The summed E-state index contributed by atoms with van der Waals surface area (Å²) in [6.07, 6.45) is 3.01. The second-order valence-corrected chi connectivity index (χ2v) is 4.46. The third-order valence-corrected chi connectivity index (χ3v) is 3.29. The van der Waals surface area contributed by atoms with Crippen LogP contribution in [0.3, 0.4) is 0 Å². The Bertz CT molecular complexity index is 386. The van der Waals surface area contributed by atoms with E-state index in [9.17, 15) is 4.79 Å². The highest BCUT2D eigenvalue weighted by Crippen LogP contribution is 2.23. The zero-order valence-electron chi connectivity index (χ0n) is 10.4. The molecule has 1 heterocycles. The summed E-state index contributed by atoms with van der Waals surface area (Å²) in [5.74, 6) is 0. The fraction of sp³-hybridized carbons (Fsp3) is 0.500. The predicted molar refractivity (Wildman–Crippen MR) is 70.1 cm³/mol. The van der Waals surface area contributed by atoms with Gasteiger partial charge in [-0.05, 0) is 25.0 Å². The van der Waals surface area contributed by atoms with Gasteiger partial charge < -0.3 is 14.7 Å². The highest BCUT2D eigenvalue weighted by molar-refractivity contribution is 5.84. The van der Waals surface area contributed by atoms with Gasteiger partial charge in [0.05, 0.1) is 19.3 Å². The summed E-state index contributed by atoms with van der Waals surface area (Å²) in [6, 6.07) is 7.66. The van der Waals surface area contributed by atoms with Crippen molar-refractivity contribution in [3.63, 3.8) is 0 Å². The van der Waals surface area contributed by atoms with Crippen LogP contribution in [0.4, 0.5) is 5.69 Å². The summed E-state index contributed by atoms with van der Waals surface area (Å²) >= 11 is 0. The number of carbonyl (C=O) groups excluding carboxylic acids is 1. The van der Waals surface area contributed by atoms with Crippen LogP contribution in [0.25, 0.3) is 0 Å². The molecule has 98 valence electrons. The number of piperidine rings is 1. The molecule has 2 rings (SSSR count). The number of aliphatic hydroxyl groups is 1. The number of aliphatic hydroxyl groups excluding tert-OH is 1. The van der Waals surface area contributed by atoms with Crippen LogP contribution in [0.5, 0.6) is 0 Å². The molecule has 0 amide bonds. The van der Waals surface area contributed by atoms with Crippen LogP contribution in [0.15, 0.2) is 24.3 Å². The van der Waals surface area contributed by atoms with Crippen molar-refractivity contribution in [1.29, 1.82) is 0 Å². The molecule has 0 aromatic heterocycles. The number of anilines is 1. The molecule has 1 aromatic carbocycles. The minimum Gasteiger partial charge on any atom is -0.394 e. The maximum atomic E-state index is 11.0. The Morgan fingerprint density at radius 3 is 2.72 bits per heavy atom. The van der Waals surface area contributed by atoms with Crippen LogP contribution in [-0.2, 0) is 4.74 Å². The van der Waals surface area contributed by atoms with E-state index in [0.29, 0.717) is 6.61 Å². The van der Waals surface area contributed by atoms with Crippen LogP contribution >= 0.6 is 0 Å². The Morgan fingerprint density at radius 1 is 1.33 bits per heavy atom. The monoisotopic (exact) mass is 249 g/mol.